The van der Waals surface area contributed by atoms with Crippen molar-refractivity contribution < 1.29 is 4.79 Å². The number of rotatable bonds is 4. The molecule has 0 bridgehead atoms. The van der Waals surface area contributed by atoms with E-state index in [-0.39, 0.29) is 23.6 Å². The number of carbonyl (C=O) groups excluding carboxylic acids is 1. The summed E-state index contributed by atoms with van der Waals surface area (Å²) in [7, 11) is 0. The number of aromatic nitrogens is 3. The molecule has 0 spiro atoms. The molecule has 2 aliphatic carbocycles. The van der Waals surface area contributed by atoms with Crippen LogP contribution >= 0.6 is 11.6 Å². The molecular formula is C23H22ClN5O2. The summed E-state index contributed by atoms with van der Waals surface area (Å²) in [6, 6.07) is 9.71. The van der Waals surface area contributed by atoms with Crippen molar-refractivity contribution in [2.75, 3.05) is 18.4 Å². The lowest BCUT2D eigenvalue weighted by Crippen LogP contribution is -2.32. The van der Waals surface area contributed by atoms with Crippen LogP contribution in [-0.2, 0) is 4.79 Å². The van der Waals surface area contributed by atoms with Gasteiger partial charge in [-0.1, -0.05) is 29.8 Å². The SMILES string of the molecule is CC(=O)N1CC2C(C1)C2Nc1ncc2cc(-c3ccccc3Cl)c(=O)n(C3CC3)c2n1. The second kappa shape index (κ2) is 6.79. The van der Waals surface area contributed by atoms with Crippen LogP contribution < -0.4 is 10.9 Å². The molecule has 1 N–H and O–H groups in total. The van der Waals surface area contributed by atoms with Crippen molar-refractivity contribution in [1.29, 1.82) is 0 Å². The second-order valence-electron chi connectivity index (χ2n) is 8.84. The van der Waals surface area contributed by atoms with Crippen LogP contribution in [0.2, 0.25) is 5.02 Å². The van der Waals surface area contributed by atoms with Crippen LogP contribution in [0.5, 0.6) is 0 Å². The maximum absolute atomic E-state index is 13.4. The van der Waals surface area contributed by atoms with Crippen LogP contribution in [0.1, 0.15) is 25.8 Å². The van der Waals surface area contributed by atoms with E-state index < -0.39 is 0 Å². The molecule has 7 nitrogen and oxygen atoms in total. The number of hydrogen-bond donors (Lipinski definition) is 1. The fourth-order valence-corrected chi connectivity index (χ4v) is 5.12. The van der Waals surface area contributed by atoms with E-state index in [0.29, 0.717) is 34.0 Å². The summed E-state index contributed by atoms with van der Waals surface area (Å²) in [5.74, 6) is 1.59. The molecule has 2 saturated carbocycles. The van der Waals surface area contributed by atoms with E-state index >= 15 is 0 Å². The highest BCUT2D eigenvalue weighted by Gasteiger charge is 2.56. The maximum Gasteiger partial charge on any atom is 0.260 e. The number of carbonyl (C=O) groups is 1. The highest BCUT2D eigenvalue weighted by molar-refractivity contribution is 6.33. The van der Waals surface area contributed by atoms with Crippen LogP contribution in [0.15, 0.2) is 41.3 Å². The first-order valence-corrected chi connectivity index (χ1v) is 11.1. The zero-order chi connectivity index (χ0) is 21.3. The summed E-state index contributed by atoms with van der Waals surface area (Å²) in [5, 5.41) is 4.81. The van der Waals surface area contributed by atoms with Crippen molar-refractivity contribution in [3.05, 3.63) is 51.9 Å². The first kappa shape index (κ1) is 18.8. The Bertz CT molecular complexity index is 1270. The monoisotopic (exact) mass is 435 g/mol. The Morgan fingerprint density at radius 1 is 1.16 bits per heavy atom. The molecule has 1 aromatic carbocycles. The lowest BCUT2D eigenvalue weighted by Gasteiger charge is -2.18. The van der Waals surface area contributed by atoms with Crippen molar-refractivity contribution >= 4 is 34.5 Å². The van der Waals surface area contributed by atoms with Gasteiger partial charge in [-0.05, 0) is 25.0 Å². The minimum absolute atomic E-state index is 0.0619. The number of pyridine rings is 1. The Balaban J connectivity index is 1.36. The smallest absolute Gasteiger partial charge is 0.260 e. The predicted octanol–water partition coefficient (Wildman–Crippen LogP) is 3.34. The topological polar surface area (TPSA) is 80.1 Å². The van der Waals surface area contributed by atoms with E-state index in [1.165, 1.54) is 0 Å². The number of anilines is 1. The van der Waals surface area contributed by atoms with Gasteiger partial charge in [-0.15, -0.1) is 0 Å². The molecule has 2 aromatic heterocycles. The summed E-state index contributed by atoms with van der Waals surface area (Å²) in [4.78, 5) is 36.1. The molecule has 3 heterocycles. The highest BCUT2D eigenvalue weighted by atomic mass is 35.5. The highest BCUT2D eigenvalue weighted by Crippen LogP contribution is 2.47. The van der Waals surface area contributed by atoms with Crippen LogP contribution in [0, 0.1) is 11.8 Å². The number of halogens is 1. The van der Waals surface area contributed by atoms with E-state index in [0.717, 1.165) is 36.9 Å². The average molecular weight is 436 g/mol. The third kappa shape index (κ3) is 3.10. The predicted molar refractivity (Wildman–Crippen MR) is 119 cm³/mol. The Morgan fingerprint density at radius 3 is 2.58 bits per heavy atom. The largest absolute Gasteiger partial charge is 0.351 e. The van der Waals surface area contributed by atoms with E-state index in [1.54, 1.807) is 19.2 Å². The standard InChI is InChI=1S/C23H22ClN5O2/c1-12(30)28-10-17-18(11-28)20(17)26-23-25-9-13-8-16(15-4-2-3-5-19(15)24)22(31)29(14-6-7-14)21(13)27-23/h2-5,8-9,14,17-18,20H,6-7,10-11H2,1H3,(H,25,26,27). The molecular weight excluding hydrogens is 414 g/mol. The van der Waals surface area contributed by atoms with Crippen LogP contribution in [0.4, 0.5) is 5.95 Å². The van der Waals surface area contributed by atoms with E-state index in [9.17, 15) is 9.59 Å². The number of fused-ring (bicyclic) bond motifs is 2. The zero-order valence-corrected chi connectivity index (χ0v) is 17.8. The summed E-state index contributed by atoms with van der Waals surface area (Å²) in [5.41, 5.74) is 1.91. The lowest BCUT2D eigenvalue weighted by atomic mass is 10.1. The van der Waals surface area contributed by atoms with Gasteiger partial charge in [0.05, 0.1) is 0 Å². The van der Waals surface area contributed by atoms with Gasteiger partial charge in [0.1, 0.15) is 5.65 Å². The van der Waals surface area contributed by atoms with Crippen molar-refractivity contribution in [2.24, 2.45) is 11.8 Å². The van der Waals surface area contributed by atoms with E-state index in [2.05, 4.69) is 10.3 Å². The number of benzene rings is 1. The maximum atomic E-state index is 13.4. The second-order valence-corrected chi connectivity index (χ2v) is 9.25. The molecule has 158 valence electrons. The fourth-order valence-electron chi connectivity index (χ4n) is 4.88. The van der Waals surface area contributed by atoms with Crippen molar-refractivity contribution in [2.45, 2.75) is 31.8 Å². The third-order valence-electron chi connectivity index (χ3n) is 6.78. The first-order chi connectivity index (χ1) is 15.0. The minimum atomic E-state index is -0.0619. The molecule has 3 aliphatic rings. The summed E-state index contributed by atoms with van der Waals surface area (Å²) >= 11 is 6.38. The molecule has 3 fully saturated rings. The number of amides is 1. The summed E-state index contributed by atoms with van der Waals surface area (Å²) < 4.78 is 1.81. The van der Waals surface area contributed by atoms with Crippen LogP contribution in [0.25, 0.3) is 22.2 Å². The van der Waals surface area contributed by atoms with Gasteiger partial charge in [-0.25, -0.2) is 4.98 Å². The molecule has 6 rings (SSSR count). The van der Waals surface area contributed by atoms with E-state index in [1.807, 2.05) is 33.7 Å². The van der Waals surface area contributed by atoms with Crippen molar-refractivity contribution in [3.63, 3.8) is 0 Å². The molecule has 0 radical (unpaired) electrons. The fraction of sp³-hybridized carbons (Fsp3) is 0.391. The molecule has 1 saturated heterocycles. The van der Waals surface area contributed by atoms with Crippen LogP contribution in [0.3, 0.4) is 0 Å². The molecule has 1 amide bonds. The molecule has 1 aliphatic heterocycles. The van der Waals surface area contributed by atoms with Gasteiger partial charge in [-0.2, -0.15) is 4.98 Å². The quantitative estimate of drug-likeness (QED) is 0.679. The molecule has 2 unspecified atom stereocenters. The average Bonchev–Trinajstić information content (AvgIpc) is 3.65. The molecule has 8 heteroatoms. The van der Waals surface area contributed by atoms with E-state index in [4.69, 9.17) is 16.6 Å². The lowest BCUT2D eigenvalue weighted by molar-refractivity contribution is -0.128. The summed E-state index contributed by atoms with van der Waals surface area (Å²) in [6.45, 7) is 3.20. The van der Waals surface area contributed by atoms with Gasteiger partial charge in [0.15, 0.2) is 0 Å². The minimum Gasteiger partial charge on any atom is -0.351 e. The summed E-state index contributed by atoms with van der Waals surface area (Å²) in [6.07, 6.45) is 3.73. The van der Waals surface area contributed by atoms with Gasteiger partial charge in [-0.3, -0.25) is 14.2 Å². The third-order valence-corrected chi connectivity index (χ3v) is 7.11. The van der Waals surface area contributed by atoms with Gasteiger partial charge in [0.25, 0.3) is 5.56 Å². The Hall–Kier alpha value is -2.93. The van der Waals surface area contributed by atoms with Gasteiger partial charge in [0, 0.05) is 71.7 Å². The van der Waals surface area contributed by atoms with Gasteiger partial charge >= 0.3 is 0 Å². The number of nitrogens with zero attached hydrogens (tertiary/aromatic N) is 4. The first-order valence-electron chi connectivity index (χ1n) is 10.7. The Kier molecular flexibility index (Phi) is 4.12. The van der Waals surface area contributed by atoms with Crippen molar-refractivity contribution in [1.82, 2.24) is 19.4 Å². The molecule has 31 heavy (non-hydrogen) atoms. The Labute approximate surface area is 184 Å². The van der Waals surface area contributed by atoms with Gasteiger partial charge in [0.2, 0.25) is 11.9 Å². The number of likely N-dealkylation sites (tertiary alicyclic amines) is 1. The van der Waals surface area contributed by atoms with Gasteiger partial charge < -0.3 is 10.2 Å². The van der Waals surface area contributed by atoms with Crippen molar-refractivity contribution in [3.8, 4) is 11.1 Å². The molecule has 2 atom stereocenters. The zero-order valence-electron chi connectivity index (χ0n) is 17.1. The Morgan fingerprint density at radius 2 is 1.90 bits per heavy atom. The van der Waals surface area contributed by atoms with Crippen LogP contribution in [-0.4, -0.2) is 44.5 Å². The number of hydrogen-bond acceptors (Lipinski definition) is 5. The number of nitrogens with one attached hydrogen (secondary N) is 1. The normalized spacial score (nSPS) is 24.3. The molecule has 3 aromatic rings. The number of piperidine rings is 1.